The molecule has 6 heteroatoms. The summed E-state index contributed by atoms with van der Waals surface area (Å²) < 4.78 is 18.3. The Kier molecular flexibility index (Phi) is 2.52. The Morgan fingerprint density at radius 1 is 1.60 bits per heavy atom. The number of alkyl carbamates (subject to hydrolysis) is 1. The molecule has 1 aliphatic heterocycles. The standard InChI is InChI=1S/C9H7BrFNO3/c10-4-1-2-5(11)8(13)7(4)6-3-15-9(14)12-6/h1-2,6,13H,3H2,(H,12,14). The molecule has 4 nitrogen and oxygen atoms in total. The van der Waals surface area contributed by atoms with Crippen molar-refractivity contribution in [1.82, 2.24) is 5.32 Å². The van der Waals surface area contributed by atoms with Crippen LogP contribution in [0.1, 0.15) is 11.6 Å². The number of carbonyl (C=O) groups excluding carboxylic acids is 1. The molecule has 80 valence electrons. The molecular formula is C9H7BrFNO3. The second kappa shape index (κ2) is 3.69. The zero-order valence-corrected chi connectivity index (χ0v) is 9.04. The van der Waals surface area contributed by atoms with E-state index in [9.17, 15) is 14.3 Å². The van der Waals surface area contributed by atoms with E-state index in [1.165, 1.54) is 6.07 Å². The maximum absolute atomic E-state index is 13.1. The minimum absolute atomic E-state index is 0.0778. The molecule has 0 radical (unpaired) electrons. The smallest absolute Gasteiger partial charge is 0.407 e. The number of cyclic esters (lactones) is 1. The number of amides is 1. The van der Waals surface area contributed by atoms with Crippen LogP contribution >= 0.6 is 15.9 Å². The van der Waals surface area contributed by atoms with Crippen molar-refractivity contribution in [3.8, 4) is 5.75 Å². The van der Waals surface area contributed by atoms with Crippen molar-refractivity contribution in [1.29, 1.82) is 0 Å². The summed E-state index contributed by atoms with van der Waals surface area (Å²) in [4.78, 5) is 10.8. The Morgan fingerprint density at radius 3 is 2.93 bits per heavy atom. The fraction of sp³-hybridized carbons (Fsp3) is 0.222. The van der Waals surface area contributed by atoms with Gasteiger partial charge in [-0.1, -0.05) is 15.9 Å². The SMILES string of the molecule is O=C1NC(c2c(Br)ccc(F)c2O)CO1. The van der Waals surface area contributed by atoms with Gasteiger partial charge in [-0.15, -0.1) is 0 Å². The number of halogens is 2. The predicted octanol–water partition coefficient (Wildman–Crippen LogP) is 2.07. The molecule has 1 saturated heterocycles. The third-order valence-electron chi connectivity index (χ3n) is 2.14. The van der Waals surface area contributed by atoms with E-state index in [0.717, 1.165) is 6.07 Å². The maximum Gasteiger partial charge on any atom is 0.407 e. The Labute approximate surface area is 93.2 Å². The van der Waals surface area contributed by atoms with Gasteiger partial charge in [0.25, 0.3) is 0 Å². The first-order valence-electron chi connectivity index (χ1n) is 4.19. The Bertz CT molecular complexity index is 424. The molecule has 0 aromatic heterocycles. The minimum atomic E-state index is -0.727. The van der Waals surface area contributed by atoms with E-state index in [1.807, 2.05) is 0 Å². The van der Waals surface area contributed by atoms with Crippen LogP contribution in [0, 0.1) is 5.82 Å². The highest BCUT2D eigenvalue weighted by Gasteiger charge is 2.29. The van der Waals surface area contributed by atoms with E-state index in [2.05, 4.69) is 26.0 Å². The van der Waals surface area contributed by atoms with Gasteiger partial charge in [-0.05, 0) is 12.1 Å². The number of rotatable bonds is 1. The average Bonchev–Trinajstić information content (AvgIpc) is 2.59. The van der Waals surface area contributed by atoms with Crippen molar-refractivity contribution in [3.05, 3.63) is 28.0 Å². The van der Waals surface area contributed by atoms with Gasteiger partial charge in [0, 0.05) is 10.0 Å². The third kappa shape index (κ3) is 1.77. The second-order valence-corrected chi connectivity index (χ2v) is 3.94. The molecule has 0 bridgehead atoms. The third-order valence-corrected chi connectivity index (χ3v) is 2.83. The summed E-state index contributed by atoms with van der Waals surface area (Å²) in [6.07, 6.45) is -0.574. The number of carbonyl (C=O) groups is 1. The number of benzene rings is 1. The van der Waals surface area contributed by atoms with E-state index in [4.69, 9.17) is 0 Å². The molecule has 1 aromatic rings. The molecular weight excluding hydrogens is 269 g/mol. The van der Waals surface area contributed by atoms with E-state index in [-0.39, 0.29) is 6.61 Å². The lowest BCUT2D eigenvalue weighted by Gasteiger charge is -2.12. The number of phenolic OH excluding ortho intramolecular Hbond substituents is 1. The lowest BCUT2D eigenvalue weighted by Crippen LogP contribution is -2.19. The van der Waals surface area contributed by atoms with Gasteiger partial charge in [0.15, 0.2) is 11.6 Å². The maximum atomic E-state index is 13.1. The monoisotopic (exact) mass is 275 g/mol. The van der Waals surface area contributed by atoms with E-state index >= 15 is 0 Å². The van der Waals surface area contributed by atoms with Crippen LogP contribution in [0.3, 0.4) is 0 Å². The van der Waals surface area contributed by atoms with Gasteiger partial charge >= 0.3 is 6.09 Å². The summed E-state index contributed by atoms with van der Waals surface area (Å²) >= 11 is 3.18. The zero-order valence-electron chi connectivity index (χ0n) is 7.46. The number of ether oxygens (including phenoxy) is 1. The topological polar surface area (TPSA) is 58.6 Å². The Morgan fingerprint density at radius 2 is 2.33 bits per heavy atom. The Balaban J connectivity index is 2.43. The molecule has 15 heavy (non-hydrogen) atoms. The molecule has 1 atom stereocenters. The summed E-state index contributed by atoms with van der Waals surface area (Å²) in [5.74, 6) is -1.20. The normalized spacial score (nSPS) is 19.9. The molecule has 1 aromatic carbocycles. The van der Waals surface area contributed by atoms with Crippen molar-refractivity contribution in [2.24, 2.45) is 0 Å². The van der Waals surface area contributed by atoms with E-state index in [0.29, 0.717) is 10.0 Å². The lowest BCUT2D eigenvalue weighted by atomic mass is 10.1. The van der Waals surface area contributed by atoms with Crippen LogP contribution in [0.5, 0.6) is 5.75 Å². The molecule has 0 saturated carbocycles. The lowest BCUT2D eigenvalue weighted by molar-refractivity contribution is 0.176. The van der Waals surface area contributed by atoms with Crippen molar-refractivity contribution in [2.75, 3.05) is 6.61 Å². The number of hydrogen-bond donors (Lipinski definition) is 2. The van der Waals surface area contributed by atoms with Crippen LogP contribution in [0.2, 0.25) is 0 Å². The van der Waals surface area contributed by atoms with Gasteiger partial charge in [0.05, 0.1) is 6.04 Å². The van der Waals surface area contributed by atoms with Crippen molar-refractivity contribution < 1.29 is 19.0 Å². The number of phenols is 1. The summed E-state index contributed by atoms with van der Waals surface area (Å²) in [6, 6.07) is 2.08. The number of nitrogens with one attached hydrogen (secondary N) is 1. The highest BCUT2D eigenvalue weighted by Crippen LogP contribution is 2.35. The van der Waals surface area contributed by atoms with E-state index in [1.54, 1.807) is 0 Å². The fourth-order valence-electron chi connectivity index (χ4n) is 1.43. The van der Waals surface area contributed by atoms with Crippen LogP contribution in [-0.2, 0) is 4.74 Å². The second-order valence-electron chi connectivity index (χ2n) is 3.09. The minimum Gasteiger partial charge on any atom is -0.505 e. The van der Waals surface area contributed by atoms with Crippen LogP contribution < -0.4 is 5.32 Å². The molecule has 1 aliphatic rings. The quantitative estimate of drug-likeness (QED) is 0.825. The Hall–Kier alpha value is -1.30. The zero-order chi connectivity index (χ0) is 11.0. The van der Waals surface area contributed by atoms with Gasteiger partial charge in [0.1, 0.15) is 6.61 Å². The molecule has 0 spiro atoms. The van der Waals surface area contributed by atoms with Crippen molar-refractivity contribution >= 4 is 22.0 Å². The first-order chi connectivity index (χ1) is 7.09. The summed E-state index contributed by atoms with van der Waals surface area (Å²) in [6.45, 7) is 0.0778. The largest absolute Gasteiger partial charge is 0.505 e. The highest BCUT2D eigenvalue weighted by atomic mass is 79.9. The summed E-state index contributed by atoms with van der Waals surface area (Å²) in [7, 11) is 0. The number of aromatic hydroxyl groups is 1. The van der Waals surface area contributed by atoms with Crippen LogP contribution in [0.25, 0.3) is 0 Å². The molecule has 2 N–H and O–H groups in total. The molecule has 1 unspecified atom stereocenters. The molecule has 1 amide bonds. The first-order valence-corrected chi connectivity index (χ1v) is 4.99. The molecule has 2 rings (SSSR count). The first kappa shape index (κ1) is 10.2. The van der Waals surface area contributed by atoms with Gasteiger partial charge in [-0.2, -0.15) is 0 Å². The fourth-order valence-corrected chi connectivity index (χ4v) is 2.02. The highest BCUT2D eigenvalue weighted by molar-refractivity contribution is 9.10. The van der Waals surface area contributed by atoms with Gasteiger partial charge < -0.3 is 15.2 Å². The van der Waals surface area contributed by atoms with Crippen LogP contribution in [0.15, 0.2) is 16.6 Å². The average molecular weight is 276 g/mol. The predicted molar refractivity (Wildman–Crippen MR) is 53.0 cm³/mol. The van der Waals surface area contributed by atoms with Gasteiger partial charge in [0.2, 0.25) is 0 Å². The number of hydrogen-bond acceptors (Lipinski definition) is 3. The molecule has 1 fully saturated rings. The van der Waals surface area contributed by atoms with Crippen LogP contribution in [-0.4, -0.2) is 17.8 Å². The van der Waals surface area contributed by atoms with Crippen molar-refractivity contribution in [3.63, 3.8) is 0 Å². The van der Waals surface area contributed by atoms with Gasteiger partial charge in [-0.3, -0.25) is 0 Å². The van der Waals surface area contributed by atoms with E-state index < -0.39 is 23.7 Å². The van der Waals surface area contributed by atoms with Crippen molar-refractivity contribution in [2.45, 2.75) is 6.04 Å². The van der Waals surface area contributed by atoms with Crippen LogP contribution in [0.4, 0.5) is 9.18 Å². The molecule has 1 heterocycles. The van der Waals surface area contributed by atoms with Gasteiger partial charge in [-0.25, -0.2) is 9.18 Å². The summed E-state index contributed by atoms with van der Waals surface area (Å²) in [5.41, 5.74) is 0.292. The summed E-state index contributed by atoms with van der Waals surface area (Å²) in [5, 5.41) is 12.0. The molecule has 0 aliphatic carbocycles.